The van der Waals surface area contributed by atoms with Crippen molar-refractivity contribution in [2.75, 3.05) is 6.54 Å². The van der Waals surface area contributed by atoms with Crippen LogP contribution in [0.2, 0.25) is 0 Å². The molecule has 0 aliphatic heterocycles. The standard InChI is InChI=1S/C14H19NO3/c1-5-8-15(14(2,3)4)13(18)11-9-10(16)6-7-12(11)17/h5-7,9,16-17H,1,8H2,2-4H3. The molecule has 0 fully saturated rings. The lowest BCUT2D eigenvalue weighted by Crippen LogP contribution is -2.45. The molecule has 0 bridgehead atoms. The average Bonchev–Trinajstić information content (AvgIpc) is 2.27. The number of phenols is 2. The number of rotatable bonds is 3. The van der Waals surface area contributed by atoms with Crippen LogP contribution in [-0.2, 0) is 0 Å². The van der Waals surface area contributed by atoms with E-state index in [2.05, 4.69) is 6.58 Å². The fraction of sp³-hybridized carbons (Fsp3) is 0.357. The van der Waals surface area contributed by atoms with Crippen LogP contribution in [0.3, 0.4) is 0 Å². The van der Waals surface area contributed by atoms with E-state index in [-0.39, 0.29) is 23.0 Å². The molecule has 1 amide bonds. The molecule has 1 rings (SSSR count). The molecule has 18 heavy (non-hydrogen) atoms. The second-order valence-corrected chi connectivity index (χ2v) is 5.08. The van der Waals surface area contributed by atoms with Gasteiger partial charge in [0.15, 0.2) is 0 Å². The number of carbonyl (C=O) groups excluding carboxylic acids is 1. The minimum Gasteiger partial charge on any atom is -0.508 e. The average molecular weight is 249 g/mol. The van der Waals surface area contributed by atoms with Gasteiger partial charge in [0, 0.05) is 12.1 Å². The topological polar surface area (TPSA) is 60.8 Å². The number of hydrogen-bond donors (Lipinski definition) is 2. The number of nitrogens with zero attached hydrogens (tertiary/aromatic N) is 1. The van der Waals surface area contributed by atoms with Gasteiger partial charge in [0.2, 0.25) is 0 Å². The Balaban J connectivity index is 3.17. The number of hydrogen-bond acceptors (Lipinski definition) is 3. The summed E-state index contributed by atoms with van der Waals surface area (Å²) < 4.78 is 0. The van der Waals surface area contributed by atoms with Crippen molar-refractivity contribution in [2.45, 2.75) is 26.3 Å². The van der Waals surface area contributed by atoms with Crippen LogP contribution in [0.5, 0.6) is 11.5 Å². The first kappa shape index (κ1) is 14.1. The van der Waals surface area contributed by atoms with E-state index in [4.69, 9.17) is 0 Å². The molecule has 0 unspecified atom stereocenters. The predicted octanol–water partition coefficient (Wildman–Crippen LogP) is 2.52. The third-order valence-electron chi connectivity index (χ3n) is 2.58. The van der Waals surface area contributed by atoms with E-state index in [1.54, 1.807) is 11.0 Å². The molecule has 4 heteroatoms. The van der Waals surface area contributed by atoms with Gasteiger partial charge >= 0.3 is 0 Å². The molecule has 0 atom stereocenters. The monoisotopic (exact) mass is 249 g/mol. The van der Waals surface area contributed by atoms with Crippen LogP contribution in [0.15, 0.2) is 30.9 Å². The van der Waals surface area contributed by atoms with Crippen LogP contribution < -0.4 is 0 Å². The number of benzene rings is 1. The Kier molecular flexibility index (Phi) is 4.01. The Hall–Kier alpha value is -1.97. The molecular weight excluding hydrogens is 230 g/mol. The second-order valence-electron chi connectivity index (χ2n) is 5.08. The van der Waals surface area contributed by atoms with Crippen LogP contribution in [0, 0.1) is 0 Å². The summed E-state index contributed by atoms with van der Waals surface area (Å²) in [5, 5.41) is 19.1. The molecule has 0 saturated heterocycles. The SMILES string of the molecule is C=CCN(C(=O)c1cc(O)ccc1O)C(C)(C)C. The zero-order valence-corrected chi connectivity index (χ0v) is 11.0. The lowest BCUT2D eigenvalue weighted by molar-refractivity contribution is 0.0613. The molecule has 1 aromatic carbocycles. The molecule has 0 aromatic heterocycles. The van der Waals surface area contributed by atoms with E-state index < -0.39 is 5.54 Å². The van der Waals surface area contributed by atoms with Gasteiger partial charge in [-0.15, -0.1) is 6.58 Å². The molecule has 0 spiro atoms. The summed E-state index contributed by atoms with van der Waals surface area (Å²) in [5.41, 5.74) is -0.310. The van der Waals surface area contributed by atoms with Gasteiger partial charge in [0.25, 0.3) is 5.91 Å². The summed E-state index contributed by atoms with van der Waals surface area (Å²) in [7, 11) is 0. The van der Waals surface area contributed by atoms with E-state index in [9.17, 15) is 15.0 Å². The van der Waals surface area contributed by atoms with Crippen molar-refractivity contribution < 1.29 is 15.0 Å². The van der Waals surface area contributed by atoms with Gasteiger partial charge in [-0.05, 0) is 39.0 Å². The number of amides is 1. The minimum absolute atomic E-state index is 0.0522. The molecule has 98 valence electrons. The van der Waals surface area contributed by atoms with Gasteiger partial charge < -0.3 is 15.1 Å². The molecule has 4 nitrogen and oxygen atoms in total. The quantitative estimate of drug-likeness (QED) is 0.639. The van der Waals surface area contributed by atoms with Crippen molar-refractivity contribution in [1.29, 1.82) is 0 Å². The van der Waals surface area contributed by atoms with Gasteiger partial charge in [-0.2, -0.15) is 0 Å². The maximum absolute atomic E-state index is 12.4. The van der Waals surface area contributed by atoms with E-state index in [1.165, 1.54) is 18.2 Å². The summed E-state index contributed by atoms with van der Waals surface area (Å²) in [5.74, 6) is -0.532. The van der Waals surface area contributed by atoms with E-state index in [1.807, 2.05) is 20.8 Å². The zero-order chi connectivity index (χ0) is 13.9. The first-order chi connectivity index (χ1) is 8.27. The highest BCUT2D eigenvalue weighted by Crippen LogP contribution is 2.26. The van der Waals surface area contributed by atoms with Gasteiger partial charge in [0.1, 0.15) is 11.5 Å². The Morgan fingerprint density at radius 2 is 2.00 bits per heavy atom. The van der Waals surface area contributed by atoms with Gasteiger partial charge in [0.05, 0.1) is 5.56 Å². The minimum atomic E-state index is -0.400. The smallest absolute Gasteiger partial charge is 0.258 e. The fourth-order valence-electron chi connectivity index (χ4n) is 1.63. The normalized spacial score (nSPS) is 11.1. The van der Waals surface area contributed by atoms with Crippen LogP contribution in [0.1, 0.15) is 31.1 Å². The molecule has 0 saturated carbocycles. The lowest BCUT2D eigenvalue weighted by atomic mass is 10.0. The second kappa shape index (κ2) is 5.12. The van der Waals surface area contributed by atoms with E-state index in [0.717, 1.165) is 0 Å². The van der Waals surface area contributed by atoms with Crippen molar-refractivity contribution in [3.8, 4) is 11.5 Å². The van der Waals surface area contributed by atoms with Gasteiger partial charge in [-0.3, -0.25) is 4.79 Å². The molecule has 0 radical (unpaired) electrons. The third kappa shape index (κ3) is 3.03. The molecule has 0 heterocycles. The van der Waals surface area contributed by atoms with E-state index >= 15 is 0 Å². The van der Waals surface area contributed by atoms with Crippen LogP contribution in [0.4, 0.5) is 0 Å². The number of aromatic hydroxyl groups is 2. The Morgan fingerprint density at radius 1 is 1.39 bits per heavy atom. The van der Waals surface area contributed by atoms with Crippen LogP contribution in [0.25, 0.3) is 0 Å². The summed E-state index contributed by atoms with van der Waals surface area (Å²) in [4.78, 5) is 13.9. The maximum atomic E-state index is 12.4. The van der Waals surface area contributed by atoms with Crippen molar-refractivity contribution in [3.63, 3.8) is 0 Å². The first-order valence-electron chi connectivity index (χ1n) is 5.72. The van der Waals surface area contributed by atoms with Crippen LogP contribution in [-0.4, -0.2) is 33.1 Å². The summed E-state index contributed by atoms with van der Waals surface area (Å²) >= 11 is 0. The van der Waals surface area contributed by atoms with Crippen molar-refractivity contribution >= 4 is 5.91 Å². The van der Waals surface area contributed by atoms with Crippen LogP contribution >= 0.6 is 0 Å². The first-order valence-corrected chi connectivity index (χ1v) is 5.72. The number of phenolic OH excluding ortho intramolecular Hbond substituents is 2. The summed E-state index contributed by atoms with van der Waals surface area (Å²) in [6.07, 6.45) is 1.63. The Bertz CT molecular complexity index is 461. The zero-order valence-electron chi connectivity index (χ0n) is 11.0. The van der Waals surface area contributed by atoms with Crippen molar-refractivity contribution in [2.24, 2.45) is 0 Å². The third-order valence-corrected chi connectivity index (χ3v) is 2.58. The molecule has 2 N–H and O–H groups in total. The predicted molar refractivity (Wildman–Crippen MR) is 70.8 cm³/mol. The number of carbonyl (C=O) groups is 1. The summed E-state index contributed by atoms with van der Waals surface area (Å²) in [6, 6.07) is 3.90. The molecule has 0 aliphatic rings. The fourth-order valence-corrected chi connectivity index (χ4v) is 1.63. The largest absolute Gasteiger partial charge is 0.508 e. The Morgan fingerprint density at radius 3 is 2.50 bits per heavy atom. The van der Waals surface area contributed by atoms with Crippen molar-refractivity contribution in [1.82, 2.24) is 4.90 Å². The molecule has 1 aromatic rings. The van der Waals surface area contributed by atoms with E-state index in [0.29, 0.717) is 6.54 Å². The maximum Gasteiger partial charge on any atom is 0.258 e. The lowest BCUT2D eigenvalue weighted by Gasteiger charge is -2.35. The molecule has 0 aliphatic carbocycles. The Labute approximate surface area is 107 Å². The van der Waals surface area contributed by atoms with Gasteiger partial charge in [-0.1, -0.05) is 6.08 Å². The van der Waals surface area contributed by atoms with Gasteiger partial charge in [-0.25, -0.2) is 0 Å². The molecular formula is C14H19NO3. The van der Waals surface area contributed by atoms with Crippen molar-refractivity contribution in [3.05, 3.63) is 36.4 Å². The summed E-state index contributed by atoms with van der Waals surface area (Å²) in [6.45, 7) is 9.69. The highest BCUT2D eigenvalue weighted by atomic mass is 16.3. The highest BCUT2D eigenvalue weighted by molar-refractivity contribution is 5.97. The highest BCUT2D eigenvalue weighted by Gasteiger charge is 2.28.